The van der Waals surface area contributed by atoms with Gasteiger partial charge in [-0.25, -0.2) is 14.2 Å². The molecule has 0 spiro atoms. The molecule has 1 aliphatic heterocycles. The maximum Gasteiger partial charge on any atom is 0.225 e. The van der Waals surface area contributed by atoms with Crippen molar-refractivity contribution < 1.29 is 13.6 Å². The van der Waals surface area contributed by atoms with Crippen LogP contribution in [0.25, 0.3) is 0 Å². The highest BCUT2D eigenvalue weighted by molar-refractivity contribution is 5.90. The molecule has 27 heavy (non-hydrogen) atoms. The topological polar surface area (TPSA) is 56.4 Å². The first kappa shape index (κ1) is 19.4. The standard InChI is InChI=1S/C20H24F2N4O/c1-26(10-9-20(27)23-18-8-7-15(21)11-17(18)22)13-16-12-19(25-24-16)14-5-3-2-4-6-14/h2-8,11,16,19,24-25H,9-10,12-13H2,1H3,(H,23,27). The first-order valence-corrected chi connectivity index (χ1v) is 9.00. The summed E-state index contributed by atoms with van der Waals surface area (Å²) < 4.78 is 26.5. The number of halogens is 2. The number of hydrogen-bond acceptors (Lipinski definition) is 4. The summed E-state index contributed by atoms with van der Waals surface area (Å²) >= 11 is 0. The largest absolute Gasteiger partial charge is 0.324 e. The highest BCUT2D eigenvalue weighted by atomic mass is 19.1. The zero-order chi connectivity index (χ0) is 19.2. The molecule has 1 amide bonds. The van der Waals surface area contributed by atoms with E-state index >= 15 is 0 Å². The fourth-order valence-corrected chi connectivity index (χ4v) is 3.21. The SMILES string of the molecule is CN(CCC(=O)Nc1ccc(F)cc1F)CC1CC(c2ccccc2)NN1. The van der Waals surface area contributed by atoms with Crippen molar-refractivity contribution in [1.82, 2.24) is 15.8 Å². The molecule has 1 fully saturated rings. The quantitative estimate of drug-likeness (QED) is 0.698. The van der Waals surface area contributed by atoms with E-state index in [9.17, 15) is 13.6 Å². The van der Waals surface area contributed by atoms with Crippen LogP contribution in [-0.2, 0) is 4.79 Å². The van der Waals surface area contributed by atoms with Gasteiger partial charge in [0.1, 0.15) is 11.6 Å². The summed E-state index contributed by atoms with van der Waals surface area (Å²) in [5.74, 6) is -1.74. The Kier molecular flexibility index (Phi) is 6.49. The van der Waals surface area contributed by atoms with Gasteiger partial charge in [0.15, 0.2) is 0 Å². The normalized spacial score (nSPS) is 19.4. The molecule has 2 aromatic rings. The van der Waals surface area contributed by atoms with Crippen LogP contribution >= 0.6 is 0 Å². The van der Waals surface area contributed by atoms with Crippen LogP contribution in [0.3, 0.4) is 0 Å². The lowest BCUT2D eigenvalue weighted by Crippen LogP contribution is -2.39. The average Bonchev–Trinajstić information content (AvgIpc) is 3.11. The predicted octanol–water partition coefficient (Wildman–Crippen LogP) is 2.83. The van der Waals surface area contributed by atoms with Crippen molar-refractivity contribution in [1.29, 1.82) is 0 Å². The molecule has 0 aliphatic carbocycles. The lowest BCUT2D eigenvalue weighted by atomic mass is 10.0. The number of carbonyl (C=O) groups is 1. The Morgan fingerprint density at radius 2 is 1.96 bits per heavy atom. The van der Waals surface area contributed by atoms with Crippen LogP contribution in [0.2, 0.25) is 0 Å². The van der Waals surface area contributed by atoms with Crippen LogP contribution in [0.15, 0.2) is 48.5 Å². The monoisotopic (exact) mass is 374 g/mol. The second-order valence-electron chi connectivity index (χ2n) is 6.87. The summed E-state index contributed by atoms with van der Waals surface area (Å²) in [6.07, 6.45) is 1.19. The molecular weight excluding hydrogens is 350 g/mol. The van der Waals surface area contributed by atoms with E-state index in [2.05, 4.69) is 33.2 Å². The van der Waals surface area contributed by atoms with E-state index in [-0.39, 0.29) is 30.1 Å². The maximum atomic E-state index is 13.6. The number of carbonyl (C=O) groups excluding carboxylic acids is 1. The second-order valence-corrected chi connectivity index (χ2v) is 6.87. The fraction of sp³-hybridized carbons (Fsp3) is 0.350. The van der Waals surface area contributed by atoms with E-state index in [4.69, 9.17) is 0 Å². The molecule has 0 saturated carbocycles. The van der Waals surface area contributed by atoms with Gasteiger partial charge in [-0.15, -0.1) is 0 Å². The third-order valence-corrected chi connectivity index (χ3v) is 4.64. The van der Waals surface area contributed by atoms with Gasteiger partial charge in [-0.05, 0) is 31.2 Å². The van der Waals surface area contributed by atoms with Gasteiger partial charge in [0.25, 0.3) is 0 Å². The van der Waals surface area contributed by atoms with Crippen molar-refractivity contribution in [2.75, 3.05) is 25.5 Å². The van der Waals surface area contributed by atoms with Gasteiger partial charge in [-0.1, -0.05) is 30.3 Å². The molecule has 3 N–H and O–H groups in total. The van der Waals surface area contributed by atoms with Crippen LogP contribution in [0.4, 0.5) is 14.5 Å². The van der Waals surface area contributed by atoms with Crippen molar-refractivity contribution >= 4 is 11.6 Å². The van der Waals surface area contributed by atoms with E-state index in [1.54, 1.807) is 0 Å². The van der Waals surface area contributed by atoms with Crippen LogP contribution in [0.5, 0.6) is 0 Å². The summed E-state index contributed by atoms with van der Waals surface area (Å²) in [4.78, 5) is 14.1. The van der Waals surface area contributed by atoms with E-state index in [1.165, 1.54) is 11.6 Å². The van der Waals surface area contributed by atoms with Gasteiger partial charge in [0.2, 0.25) is 5.91 Å². The molecule has 0 radical (unpaired) electrons. The Morgan fingerprint density at radius 1 is 1.19 bits per heavy atom. The van der Waals surface area contributed by atoms with Crippen molar-refractivity contribution in [2.45, 2.75) is 24.9 Å². The Hall–Kier alpha value is -2.35. The molecule has 7 heteroatoms. The molecule has 2 atom stereocenters. The molecule has 0 aromatic heterocycles. The highest BCUT2D eigenvalue weighted by Crippen LogP contribution is 2.22. The maximum absolute atomic E-state index is 13.6. The van der Waals surface area contributed by atoms with Gasteiger partial charge in [-0.3, -0.25) is 10.2 Å². The number of amides is 1. The summed E-state index contributed by atoms with van der Waals surface area (Å²) in [7, 11) is 1.95. The van der Waals surface area contributed by atoms with Gasteiger partial charge >= 0.3 is 0 Å². The van der Waals surface area contributed by atoms with E-state index in [0.717, 1.165) is 25.1 Å². The summed E-state index contributed by atoms with van der Waals surface area (Å²) in [5.41, 5.74) is 7.85. The molecule has 144 valence electrons. The average molecular weight is 374 g/mol. The van der Waals surface area contributed by atoms with Crippen LogP contribution < -0.4 is 16.2 Å². The van der Waals surface area contributed by atoms with Crippen molar-refractivity contribution in [3.8, 4) is 0 Å². The Morgan fingerprint density at radius 3 is 2.70 bits per heavy atom. The molecule has 5 nitrogen and oxygen atoms in total. The van der Waals surface area contributed by atoms with Crippen molar-refractivity contribution in [3.63, 3.8) is 0 Å². The van der Waals surface area contributed by atoms with Gasteiger partial charge in [0, 0.05) is 37.7 Å². The van der Waals surface area contributed by atoms with E-state index in [1.807, 2.05) is 25.2 Å². The lowest BCUT2D eigenvalue weighted by Gasteiger charge is -2.20. The lowest BCUT2D eigenvalue weighted by molar-refractivity contribution is -0.116. The molecule has 3 rings (SSSR count). The minimum atomic E-state index is -0.773. The Balaban J connectivity index is 1.40. The number of hydrazine groups is 1. The zero-order valence-electron chi connectivity index (χ0n) is 15.2. The number of anilines is 1. The minimum absolute atomic E-state index is 0.00332. The smallest absolute Gasteiger partial charge is 0.225 e. The van der Waals surface area contributed by atoms with E-state index < -0.39 is 11.6 Å². The third-order valence-electron chi connectivity index (χ3n) is 4.64. The van der Waals surface area contributed by atoms with Crippen molar-refractivity contribution in [2.24, 2.45) is 0 Å². The molecule has 0 bridgehead atoms. The number of benzene rings is 2. The van der Waals surface area contributed by atoms with Crippen molar-refractivity contribution in [3.05, 3.63) is 65.7 Å². The predicted molar refractivity (Wildman–Crippen MR) is 101 cm³/mol. The van der Waals surface area contributed by atoms with Crippen LogP contribution in [0, 0.1) is 11.6 Å². The number of nitrogens with one attached hydrogen (secondary N) is 3. The summed E-state index contributed by atoms with van der Waals surface area (Å²) in [6, 6.07) is 13.9. The minimum Gasteiger partial charge on any atom is -0.324 e. The van der Waals surface area contributed by atoms with Crippen LogP contribution in [-0.4, -0.2) is 37.0 Å². The number of hydrogen-bond donors (Lipinski definition) is 3. The molecule has 2 aromatic carbocycles. The zero-order valence-corrected chi connectivity index (χ0v) is 15.2. The highest BCUT2D eigenvalue weighted by Gasteiger charge is 2.25. The first-order chi connectivity index (χ1) is 13.0. The Labute approximate surface area is 157 Å². The summed E-state index contributed by atoms with van der Waals surface area (Å²) in [6.45, 7) is 1.33. The van der Waals surface area contributed by atoms with E-state index in [0.29, 0.717) is 6.54 Å². The molecule has 1 aliphatic rings. The van der Waals surface area contributed by atoms with Gasteiger partial charge < -0.3 is 10.2 Å². The first-order valence-electron chi connectivity index (χ1n) is 9.00. The number of rotatable bonds is 7. The molecule has 1 saturated heterocycles. The number of likely N-dealkylation sites (N-methyl/N-ethyl adjacent to an activating group) is 1. The van der Waals surface area contributed by atoms with Gasteiger partial charge in [-0.2, -0.15) is 0 Å². The molecular formula is C20H24F2N4O. The fourth-order valence-electron chi connectivity index (χ4n) is 3.21. The summed E-state index contributed by atoms with van der Waals surface area (Å²) in [5, 5.41) is 2.48. The molecule has 2 unspecified atom stereocenters. The number of nitrogens with zero attached hydrogens (tertiary/aromatic N) is 1. The van der Waals surface area contributed by atoms with Crippen LogP contribution in [0.1, 0.15) is 24.4 Å². The van der Waals surface area contributed by atoms with Gasteiger partial charge in [0.05, 0.1) is 5.69 Å². The second kappa shape index (κ2) is 9.03. The Bertz CT molecular complexity index is 772. The molecule has 1 heterocycles. The third kappa shape index (κ3) is 5.56.